The van der Waals surface area contributed by atoms with Gasteiger partial charge in [-0.25, -0.2) is 0 Å². The largest absolute Gasteiger partial charge is 0.268 e. The zero-order valence-electron chi connectivity index (χ0n) is 9.56. The Morgan fingerprint density at radius 2 is 2.07 bits per heavy atom. The molecule has 0 saturated carbocycles. The minimum atomic E-state index is 0.616. The summed E-state index contributed by atoms with van der Waals surface area (Å²) in [5.41, 5.74) is 2.42. The highest BCUT2D eigenvalue weighted by Gasteiger charge is 2.12. The molecule has 1 rings (SSSR count). The number of aromatic nitrogens is 2. The molecule has 0 aliphatic rings. The van der Waals surface area contributed by atoms with Gasteiger partial charge in [-0.3, -0.25) is 4.68 Å². The Balaban J connectivity index is 2.74. The van der Waals surface area contributed by atoms with Gasteiger partial charge < -0.3 is 0 Å². The van der Waals surface area contributed by atoms with Gasteiger partial charge in [-0.05, 0) is 49.0 Å². The summed E-state index contributed by atoms with van der Waals surface area (Å²) in [5.74, 6) is 0. The van der Waals surface area contributed by atoms with E-state index in [-0.39, 0.29) is 0 Å². The maximum Gasteiger partial charge on any atom is 0.0738 e. The molecule has 15 heavy (non-hydrogen) atoms. The van der Waals surface area contributed by atoms with E-state index in [2.05, 4.69) is 55.5 Å². The first kappa shape index (κ1) is 13.2. The predicted octanol–water partition coefficient (Wildman–Crippen LogP) is 4.08. The smallest absolute Gasteiger partial charge is 0.0738 e. The van der Waals surface area contributed by atoms with Crippen LogP contribution in [-0.2, 0) is 13.0 Å². The maximum atomic E-state index is 4.49. The standard InChI is InChI=1S/C11H18Br2N2/c1-4-9(12)6-7-10-11(13)8(3)14-15(10)5-2/h9H,4-7H2,1-3H3. The number of hydrogen-bond donors (Lipinski definition) is 0. The van der Waals surface area contributed by atoms with E-state index in [1.54, 1.807) is 0 Å². The van der Waals surface area contributed by atoms with Crippen LogP contribution < -0.4 is 0 Å². The monoisotopic (exact) mass is 336 g/mol. The lowest BCUT2D eigenvalue weighted by atomic mass is 10.1. The number of halogens is 2. The molecule has 4 heteroatoms. The SMILES string of the molecule is CCC(Br)CCc1c(Br)c(C)nn1CC. The van der Waals surface area contributed by atoms with E-state index in [0.717, 1.165) is 18.7 Å². The third-order valence-corrected chi connectivity index (χ3v) is 4.73. The van der Waals surface area contributed by atoms with Gasteiger partial charge in [0.2, 0.25) is 0 Å². The normalized spacial score (nSPS) is 13.1. The van der Waals surface area contributed by atoms with Gasteiger partial charge in [0.1, 0.15) is 0 Å². The second-order valence-corrected chi connectivity index (χ2v) is 5.79. The van der Waals surface area contributed by atoms with E-state index < -0.39 is 0 Å². The average molecular weight is 338 g/mol. The van der Waals surface area contributed by atoms with E-state index >= 15 is 0 Å². The average Bonchev–Trinajstić information content (AvgIpc) is 2.52. The molecule has 0 radical (unpaired) electrons. The zero-order chi connectivity index (χ0) is 11.4. The molecule has 2 nitrogen and oxygen atoms in total. The molecule has 0 aliphatic carbocycles. The summed E-state index contributed by atoms with van der Waals surface area (Å²) in [5, 5.41) is 4.49. The molecule has 0 amide bonds. The third-order valence-electron chi connectivity index (χ3n) is 2.59. The topological polar surface area (TPSA) is 17.8 Å². The quantitative estimate of drug-likeness (QED) is 0.740. The van der Waals surface area contributed by atoms with E-state index in [1.165, 1.54) is 23.0 Å². The van der Waals surface area contributed by atoms with Crippen LogP contribution in [0.5, 0.6) is 0 Å². The summed E-state index contributed by atoms with van der Waals surface area (Å²) in [6.07, 6.45) is 3.43. The molecule has 0 N–H and O–H groups in total. The first-order valence-electron chi connectivity index (χ1n) is 5.45. The van der Waals surface area contributed by atoms with Crippen molar-refractivity contribution >= 4 is 31.9 Å². The van der Waals surface area contributed by atoms with Crippen LogP contribution >= 0.6 is 31.9 Å². The molecule has 0 saturated heterocycles. The highest BCUT2D eigenvalue weighted by molar-refractivity contribution is 9.10. The predicted molar refractivity (Wildman–Crippen MR) is 71.7 cm³/mol. The van der Waals surface area contributed by atoms with E-state index in [9.17, 15) is 0 Å². The Bertz CT molecular complexity index is 321. The van der Waals surface area contributed by atoms with Crippen molar-refractivity contribution in [3.8, 4) is 0 Å². The minimum Gasteiger partial charge on any atom is -0.268 e. The molecular formula is C11H18Br2N2. The summed E-state index contributed by atoms with van der Waals surface area (Å²) >= 11 is 7.28. The highest BCUT2D eigenvalue weighted by Crippen LogP contribution is 2.24. The fraction of sp³-hybridized carbons (Fsp3) is 0.727. The highest BCUT2D eigenvalue weighted by atomic mass is 79.9. The van der Waals surface area contributed by atoms with Gasteiger partial charge in [0.25, 0.3) is 0 Å². The van der Waals surface area contributed by atoms with Gasteiger partial charge in [0, 0.05) is 11.4 Å². The van der Waals surface area contributed by atoms with E-state index in [4.69, 9.17) is 0 Å². The summed E-state index contributed by atoms with van der Waals surface area (Å²) in [7, 11) is 0. The van der Waals surface area contributed by atoms with Gasteiger partial charge in [-0.1, -0.05) is 22.9 Å². The zero-order valence-corrected chi connectivity index (χ0v) is 12.7. The number of rotatable bonds is 5. The van der Waals surface area contributed by atoms with Crippen LogP contribution in [-0.4, -0.2) is 14.6 Å². The Morgan fingerprint density at radius 1 is 1.40 bits per heavy atom. The summed E-state index contributed by atoms with van der Waals surface area (Å²) in [4.78, 5) is 0.616. The van der Waals surface area contributed by atoms with Crippen molar-refractivity contribution in [3.63, 3.8) is 0 Å². The number of nitrogens with zero attached hydrogens (tertiary/aromatic N) is 2. The lowest BCUT2D eigenvalue weighted by Crippen LogP contribution is -2.06. The summed E-state index contributed by atoms with van der Waals surface area (Å²) < 4.78 is 3.27. The van der Waals surface area contributed by atoms with E-state index in [0.29, 0.717) is 4.83 Å². The van der Waals surface area contributed by atoms with Crippen LogP contribution in [0.1, 0.15) is 38.1 Å². The molecular weight excluding hydrogens is 320 g/mol. The Kier molecular flexibility index (Phi) is 5.33. The van der Waals surface area contributed by atoms with Gasteiger partial charge in [0.15, 0.2) is 0 Å². The fourth-order valence-electron chi connectivity index (χ4n) is 1.61. The Hall–Kier alpha value is 0.170. The molecule has 0 aromatic carbocycles. The Labute approximate surface area is 109 Å². The second kappa shape index (κ2) is 6.04. The van der Waals surface area contributed by atoms with Crippen LogP contribution in [0.3, 0.4) is 0 Å². The molecule has 0 spiro atoms. The molecule has 1 unspecified atom stereocenters. The van der Waals surface area contributed by atoms with Gasteiger partial charge in [-0.2, -0.15) is 5.10 Å². The number of hydrogen-bond acceptors (Lipinski definition) is 1. The van der Waals surface area contributed by atoms with Crippen LogP contribution in [0.2, 0.25) is 0 Å². The molecule has 1 atom stereocenters. The molecule has 1 aromatic rings. The third kappa shape index (κ3) is 3.31. The summed E-state index contributed by atoms with van der Waals surface area (Å²) in [6.45, 7) is 7.33. The number of alkyl halides is 1. The summed E-state index contributed by atoms with van der Waals surface area (Å²) in [6, 6.07) is 0. The first-order chi connectivity index (χ1) is 7.10. The van der Waals surface area contributed by atoms with Crippen molar-refractivity contribution in [3.05, 3.63) is 15.9 Å². The first-order valence-corrected chi connectivity index (χ1v) is 7.16. The lowest BCUT2D eigenvalue weighted by Gasteiger charge is -2.08. The molecule has 0 bridgehead atoms. The number of aryl methyl sites for hydroxylation is 2. The van der Waals surface area contributed by atoms with E-state index in [1.807, 2.05) is 6.92 Å². The molecule has 0 aliphatic heterocycles. The second-order valence-electron chi connectivity index (χ2n) is 3.71. The molecule has 86 valence electrons. The molecule has 0 fully saturated rings. The van der Waals surface area contributed by atoms with Crippen molar-refractivity contribution < 1.29 is 0 Å². The van der Waals surface area contributed by atoms with Crippen LogP contribution in [0.15, 0.2) is 4.47 Å². The van der Waals surface area contributed by atoms with Gasteiger partial charge in [-0.15, -0.1) is 0 Å². The van der Waals surface area contributed by atoms with Crippen LogP contribution in [0.25, 0.3) is 0 Å². The van der Waals surface area contributed by atoms with Crippen LogP contribution in [0, 0.1) is 6.92 Å². The van der Waals surface area contributed by atoms with Crippen molar-refractivity contribution in [2.24, 2.45) is 0 Å². The van der Waals surface area contributed by atoms with Crippen molar-refractivity contribution in [2.45, 2.75) is 51.4 Å². The van der Waals surface area contributed by atoms with Crippen molar-refractivity contribution in [2.75, 3.05) is 0 Å². The van der Waals surface area contributed by atoms with Crippen LogP contribution in [0.4, 0.5) is 0 Å². The fourth-order valence-corrected chi connectivity index (χ4v) is 2.32. The molecule has 1 aromatic heterocycles. The van der Waals surface area contributed by atoms with Gasteiger partial charge in [0.05, 0.1) is 15.9 Å². The van der Waals surface area contributed by atoms with Crippen molar-refractivity contribution in [1.82, 2.24) is 9.78 Å². The van der Waals surface area contributed by atoms with Crippen molar-refractivity contribution in [1.29, 1.82) is 0 Å². The Morgan fingerprint density at radius 3 is 2.60 bits per heavy atom. The lowest BCUT2D eigenvalue weighted by molar-refractivity contribution is 0.600. The molecule has 1 heterocycles. The van der Waals surface area contributed by atoms with Gasteiger partial charge >= 0.3 is 0 Å². The maximum absolute atomic E-state index is 4.49. The minimum absolute atomic E-state index is 0.616.